The molecule has 2 aliphatic rings. The third-order valence-corrected chi connectivity index (χ3v) is 7.32. The highest BCUT2D eigenvalue weighted by Crippen LogP contribution is 2.27. The number of hydrogen-bond donors (Lipinski definition) is 1. The molecule has 0 aromatic carbocycles. The number of aryl methyl sites for hydroxylation is 1. The molecule has 1 aromatic rings. The number of amides is 2. The minimum absolute atomic E-state index is 0.00497. The van der Waals surface area contributed by atoms with Crippen molar-refractivity contribution in [3.8, 4) is 0 Å². The zero-order valence-electron chi connectivity index (χ0n) is 16.6. The number of nitrogens with one attached hydrogen (secondary N) is 1. The topological polar surface area (TPSA) is 99.9 Å². The van der Waals surface area contributed by atoms with Crippen molar-refractivity contribution in [2.24, 2.45) is 0 Å². The van der Waals surface area contributed by atoms with Crippen LogP contribution in [0.3, 0.4) is 0 Å². The molecular formula is C19H29N3O5S. The predicted octanol–water partition coefficient (Wildman–Crippen LogP) is 1.89. The van der Waals surface area contributed by atoms with Gasteiger partial charge >= 0.3 is 0 Å². The van der Waals surface area contributed by atoms with E-state index in [4.69, 9.17) is 4.42 Å². The molecule has 2 amide bonds. The smallest absolute Gasteiger partial charge is 0.289 e. The lowest BCUT2D eigenvalue weighted by Crippen LogP contribution is -2.49. The van der Waals surface area contributed by atoms with Crippen molar-refractivity contribution in [2.45, 2.75) is 63.3 Å². The van der Waals surface area contributed by atoms with Crippen LogP contribution in [-0.4, -0.2) is 61.7 Å². The van der Waals surface area contributed by atoms with Crippen LogP contribution in [0.1, 0.15) is 61.8 Å². The minimum Gasteiger partial charge on any atom is -0.455 e. The van der Waals surface area contributed by atoms with Crippen molar-refractivity contribution in [3.63, 3.8) is 0 Å². The third kappa shape index (κ3) is 4.41. The van der Waals surface area contributed by atoms with Crippen LogP contribution in [0.25, 0.3) is 0 Å². The van der Waals surface area contributed by atoms with Gasteiger partial charge in [0.1, 0.15) is 10.7 Å². The third-order valence-electron chi connectivity index (χ3n) is 5.32. The van der Waals surface area contributed by atoms with E-state index in [1.807, 2.05) is 6.92 Å². The van der Waals surface area contributed by atoms with Gasteiger partial charge in [0.25, 0.3) is 5.91 Å². The summed E-state index contributed by atoms with van der Waals surface area (Å²) in [6.07, 6.45) is 4.55. The van der Waals surface area contributed by atoms with Crippen molar-refractivity contribution in [3.05, 3.63) is 17.6 Å². The van der Waals surface area contributed by atoms with Crippen molar-refractivity contribution in [1.82, 2.24) is 14.5 Å². The van der Waals surface area contributed by atoms with Gasteiger partial charge in [-0.25, -0.2) is 8.42 Å². The first-order chi connectivity index (χ1) is 13.3. The highest BCUT2D eigenvalue weighted by molar-refractivity contribution is 7.89. The van der Waals surface area contributed by atoms with E-state index in [1.54, 1.807) is 11.8 Å². The van der Waals surface area contributed by atoms with Crippen LogP contribution in [0.2, 0.25) is 0 Å². The van der Waals surface area contributed by atoms with Gasteiger partial charge in [0, 0.05) is 44.7 Å². The van der Waals surface area contributed by atoms with Crippen LogP contribution >= 0.6 is 0 Å². The van der Waals surface area contributed by atoms with E-state index in [0.29, 0.717) is 32.6 Å². The Labute approximate surface area is 166 Å². The summed E-state index contributed by atoms with van der Waals surface area (Å²) in [7, 11) is -3.63. The molecule has 8 nitrogen and oxygen atoms in total. The molecule has 1 atom stereocenters. The normalized spacial score (nSPS) is 21.1. The fraction of sp³-hybridized carbons (Fsp3) is 0.684. The van der Waals surface area contributed by atoms with Crippen LogP contribution in [-0.2, 0) is 14.8 Å². The molecule has 2 aliphatic heterocycles. The van der Waals surface area contributed by atoms with E-state index in [0.717, 1.165) is 32.1 Å². The van der Waals surface area contributed by atoms with Gasteiger partial charge < -0.3 is 14.6 Å². The zero-order chi connectivity index (χ0) is 20.3. The second-order valence-electron chi connectivity index (χ2n) is 7.55. The van der Waals surface area contributed by atoms with Gasteiger partial charge in [-0.15, -0.1) is 0 Å². The van der Waals surface area contributed by atoms with Crippen molar-refractivity contribution < 1.29 is 22.4 Å². The molecule has 0 saturated carbocycles. The number of furan rings is 1. The van der Waals surface area contributed by atoms with Crippen LogP contribution in [0.15, 0.2) is 15.4 Å². The van der Waals surface area contributed by atoms with Gasteiger partial charge in [0.05, 0.1) is 0 Å². The maximum Gasteiger partial charge on any atom is 0.289 e. The quantitative estimate of drug-likeness (QED) is 0.771. The Morgan fingerprint density at radius 1 is 1.21 bits per heavy atom. The number of carbonyl (C=O) groups is 2. The van der Waals surface area contributed by atoms with Crippen LogP contribution in [0, 0.1) is 6.92 Å². The summed E-state index contributed by atoms with van der Waals surface area (Å²) in [5.74, 6) is -0.0640. The molecule has 1 unspecified atom stereocenters. The zero-order valence-corrected chi connectivity index (χ0v) is 17.4. The summed E-state index contributed by atoms with van der Waals surface area (Å²) in [5, 5.41) is 2.97. The minimum atomic E-state index is -3.63. The molecule has 0 radical (unpaired) electrons. The molecular weight excluding hydrogens is 382 g/mol. The monoisotopic (exact) mass is 411 g/mol. The molecule has 2 saturated heterocycles. The number of hydrogen-bond acceptors (Lipinski definition) is 5. The summed E-state index contributed by atoms with van der Waals surface area (Å²) in [6, 6.07) is 1.27. The fourth-order valence-corrected chi connectivity index (χ4v) is 5.53. The number of sulfonamides is 1. The summed E-state index contributed by atoms with van der Waals surface area (Å²) in [5.41, 5.74) is 0. The average molecular weight is 412 g/mol. The first-order valence-electron chi connectivity index (χ1n) is 10.0. The highest BCUT2D eigenvalue weighted by atomic mass is 32.2. The van der Waals surface area contributed by atoms with Crippen molar-refractivity contribution in [1.29, 1.82) is 0 Å². The summed E-state index contributed by atoms with van der Waals surface area (Å²) in [6.45, 7) is 5.49. The molecule has 0 bridgehead atoms. The molecule has 28 heavy (non-hydrogen) atoms. The molecule has 9 heteroatoms. The number of rotatable bonds is 6. The molecule has 1 aromatic heterocycles. The van der Waals surface area contributed by atoms with E-state index >= 15 is 0 Å². The lowest BCUT2D eigenvalue weighted by molar-refractivity contribution is -0.122. The molecule has 0 spiro atoms. The standard InChI is InChI=1S/C19H29N3O5S/c1-3-7-18(23)20-15-8-6-9-21(13-15)19(24)16-12-17(14(2)27-16)28(25,26)22-10-4-5-11-22/h12,15H,3-11,13H2,1-2H3,(H,20,23). The summed E-state index contributed by atoms with van der Waals surface area (Å²) in [4.78, 5) is 26.4. The van der Waals surface area contributed by atoms with Gasteiger partial charge in [-0.05, 0) is 39.0 Å². The van der Waals surface area contributed by atoms with E-state index in [1.165, 1.54) is 10.4 Å². The molecule has 2 fully saturated rings. The Balaban J connectivity index is 1.71. The van der Waals surface area contributed by atoms with Crippen LogP contribution < -0.4 is 5.32 Å². The Kier molecular flexibility index (Phi) is 6.44. The second-order valence-corrected chi connectivity index (χ2v) is 9.46. The average Bonchev–Trinajstić information content (AvgIpc) is 3.32. The van der Waals surface area contributed by atoms with Crippen LogP contribution in [0.5, 0.6) is 0 Å². The van der Waals surface area contributed by atoms with Gasteiger partial charge in [-0.2, -0.15) is 4.31 Å². The Morgan fingerprint density at radius 2 is 1.93 bits per heavy atom. The SMILES string of the molecule is CCCC(=O)NC1CCCN(C(=O)c2cc(S(=O)(=O)N3CCCC3)c(C)o2)C1. The molecule has 3 rings (SSSR count). The van der Waals surface area contributed by atoms with Gasteiger partial charge in [0.2, 0.25) is 15.9 Å². The maximum atomic E-state index is 12.9. The largest absolute Gasteiger partial charge is 0.455 e. The van der Waals surface area contributed by atoms with Gasteiger partial charge in [-0.3, -0.25) is 9.59 Å². The Hall–Kier alpha value is -1.87. The lowest BCUT2D eigenvalue weighted by atomic mass is 10.0. The molecule has 1 N–H and O–H groups in total. The van der Waals surface area contributed by atoms with E-state index in [2.05, 4.69) is 5.32 Å². The first-order valence-corrected chi connectivity index (χ1v) is 11.5. The van der Waals surface area contributed by atoms with Crippen molar-refractivity contribution >= 4 is 21.8 Å². The Morgan fingerprint density at radius 3 is 2.61 bits per heavy atom. The van der Waals surface area contributed by atoms with E-state index < -0.39 is 10.0 Å². The first kappa shape index (κ1) is 20.9. The number of piperidine rings is 1. The fourth-order valence-electron chi connectivity index (χ4n) is 3.86. The van der Waals surface area contributed by atoms with Gasteiger partial charge in [-0.1, -0.05) is 6.92 Å². The second kappa shape index (κ2) is 8.65. The molecule has 3 heterocycles. The molecule has 0 aliphatic carbocycles. The number of carbonyl (C=O) groups excluding carboxylic acids is 2. The highest BCUT2D eigenvalue weighted by Gasteiger charge is 2.33. The summed E-state index contributed by atoms with van der Waals surface area (Å²) >= 11 is 0. The maximum absolute atomic E-state index is 12.9. The summed E-state index contributed by atoms with van der Waals surface area (Å²) < 4.78 is 32.6. The van der Waals surface area contributed by atoms with E-state index in [-0.39, 0.29) is 34.3 Å². The number of likely N-dealkylation sites (tertiary alicyclic amines) is 1. The van der Waals surface area contributed by atoms with Crippen LogP contribution in [0.4, 0.5) is 0 Å². The lowest BCUT2D eigenvalue weighted by Gasteiger charge is -2.32. The predicted molar refractivity (Wildman–Crippen MR) is 103 cm³/mol. The molecule has 156 valence electrons. The number of nitrogens with zero attached hydrogens (tertiary/aromatic N) is 2. The van der Waals surface area contributed by atoms with Crippen molar-refractivity contribution in [2.75, 3.05) is 26.2 Å². The van der Waals surface area contributed by atoms with Gasteiger partial charge in [0.15, 0.2) is 5.76 Å². The Bertz CT molecular complexity index is 827. The van der Waals surface area contributed by atoms with E-state index in [9.17, 15) is 18.0 Å².